The number of thiophene rings is 1. The largest absolute Gasteiger partial charge is 0.372 e. The van der Waals surface area contributed by atoms with Gasteiger partial charge in [0.05, 0.1) is 21.2 Å². The molecule has 1 atom stereocenters. The Hall–Kier alpha value is -1.99. The lowest BCUT2D eigenvalue weighted by atomic mass is 10.2. The van der Waals surface area contributed by atoms with Gasteiger partial charge in [-0.25, -0.2) is 4.98 Å². The molecule has 0 saturated carbocycles. The standard InChI is InChI=1S/C14H13N3O2S2/c1-8-3-5-11(21-8)9(2)16-10-4-6-12-13(15-7-20-12)14(10)17(18)19/h3-7,9,16H,1-2H3. The van der Waals surface area contributed by atoms with Gasteiger partial charge >= 0.3 is 5.69 Å². The Labute approximate surface area is 129 Å². The predicted octanol–water partition coefficient (Wildman–Crippen LogP) is 4.75. The number of nitrogens with zero attached hydrogens (tertiary/aromatic N) is 2. The molecule has 5 nitrogen and oxygen atoms in total. The first kappa shape index (κ1) is 14.0. The number of fused-ring (bicyclic) bond motifs is 1. The van der Waals surface area contributed by atoms with Gasteiger partial charge in [0.2, 0.25) is 0 Å². The molecule has 0 saturated heterocycles. The third kappa shape index (κ3) is 2.62. The summed E-state index contributed by atoms with van der Waals surface area (Å²) in [5.41, 5.74) is 2.64. The first-order chi connectivity index (χ1) is 10.1. The summed E-state index contributed by atoms with van der Waals surface area (Å²) in [5.74, 6) is 0. The smallest absolute Gasteiger partial charge is 0.319 e. The Bertz CT molecular complexity index is 810. The SMILES string of the molecule is Cc1ccc(C(C)Nc2ccc3scnc3c2[N+](=O)[O-])s1. The maximum absolute atomic E-state index is 11.4. The molecule has 0 aliphatic carbocycles. The number of nitro groups is 1. The lowest BCUT2D eigenvalue weighted by molar-refractivity contribution is -0.382. The summed E-state index contributed by atoms with van der Waals surface area (Å²) in [4.78, 5) is 17.5. The molecular weight excluding hydrogens is 306 g/mol. The Morgan fingerprint density at radius 3 is 2.81 bits per heavy atom. The minimum Gasteiger partial charge on any atom is -0.372 e. The van der Waals surface area contributed by atoms with Gasteiger partial charge in [-0.05, 0) is 38.1 Å². The summed E-state index contributed by atoms with van der Waals surface area (Å²) < 4.78 is 0.826. The number of nitrogens with one attached hydrogen (secondary N) is 1. The molecule has 21 heavy (non-hydrogen) atoms. The van der Waals surface area contributed by atoms with Gasteiger partial charge in [-0.1, -0.05) is 0 Å². The van der Waals surface area contributed by atoms with Crippen molar-refractivity contribution in [1.82, 2.24) is 4.98 Å². The molecule has 2 heterocycles. The van der Waals surface area contributed by atoms with Crippen molar-refractivity contribution in [3.8, 4) is 0 Å². The molecular formula is C14H13N3O2S2. The van der Waals surface area contributed by atoms with Gasteiger partial charge in [-0.3, -0.25) is 10.1 Å². The first-order valence-corrected chi connectivity index (χ1v) is 8.09. The van der Waals surface area contributed by atoms with E-state index in [4.69, 9.17) is 0 Å². The molecule has 0 spiro atoms. The van der Waals surface area contributed by atoms with Crippen LogP contribution in [-0.2, 0) is 0 Å². The minimum absolute atomic E-state index is 0.0125. The van der Waals surface area contributed by atoms with Crippen LogP contribution in [0.1, 0.15) is 22.7 Å². The first-order valence-electron chi connectivity index (χ1n) is 6.39. The number of aryl methyl sites for hydroxylation is 1. The van der Waals surface area contributed by atoms with Crippen molar-refractivity contribution in [2.24, 2.45) is 0 Å². The third-order valence-corrected chi connectivity index (χ3v) is 5.20. The molecule has 3 rings (SSSR count). The lowest BCUT2D eigenvalue weighted by Crippen LogP contribution is -2.07. The fraction of sp³-hybridized carbons (Fsp3) is 0.214. The van der Waals surface area contributed by atoms with E-state index in [9.17, 15) is 10.1 Å². The van der Waals surface area contributed by atoms with Crippen molar-refractivity contribution in [3.63, 3.8) is 0 Å². The number of hydrogen-bond acceptors (Lipinski definition) is 6. The molecule has 0 amide bonds. The summed E-state index contributed by atoms with van der Waals surface area (Å²) in [5, 5.41) is 14.6. The molecule has 1 aromatic carbocycles. The Morgan fingerprint density at radius 2 is 2.14 bits per heavy atom. The zero-order chi connectivity index (χ0) is 15.0. The van der Waals surface area contributed by atoms with Crippen LogP contribution in [0.5, 0.6) is 0 Å². The predicted molar refractivity (Wildman–Crippen MR) is 87.4 cm³/mol. The molecule has 1 unspecified atom stereocenters. The van der Waals surface area contributed by atoms with E-state index in [0.29, 0.717) is 11.2 Å². The Morgan fingerprint density at radius 1 is 1.33 bits per heavy atom. The molecule has 108 valence electrons. The van der Waals surface area contributed by atoms with Gasteiger partial charge in [0.1, 0.15) is 5.69 Å². The van der Waals surface area contributed by atoms with Crippen molar-refractivity contribution in [3.05, 3.63) is 49.6 Å². The van der Waals surface area contributed by atoms with E-state index in [2.05, 4.69) is 16.4 Å². The summed E-state index contributed by atoms with van der Waals surface area (Å²) in [6.45, 7) is 4.05. The highest BCUT2D eigenvalue weighted by Gasteiger charge is 2.22. The van der Waals surface area contributed by atoms with Crippen LogP contribution < -0.4 is 5.32 Å². The fourth-order valence-electron chi connectivity index (χ4n) is 2.21. The van der Waals surface area contributed by atoms with Gasteiger partial charge in [-0.2, -0.15) is 0 Å². The van der Waals surface area contributed by atoms with Crippen LogP contribution in [0.15, 0.2) is 29.8 Å². The maximum Gasteiger partial charge on any atom is 0.319 e. The summed E-state index contributed by atoms with van der Waals surface area (Å²) in [7, 11) is 0. The van der Waals surface area contributed by atoms with Crippen molar-refractivity contribution in [2.45, 2.75) is 19.9 Å². The lowest BCUT2D eigenvalue weighted by Gasteiger charge is -2.13. The average molecular weight is 319 g/mol. The van der Waals surface area contributed by atoms with E-state index in [1.807, 2.05) is 26.0 Å². The highest BCUT2D eigenvalue weighted by atomic mass is 32.1. The zero-order valence-corrected chi connectivity index (χ0v) is 13.1. The monoisotopic (exact) mass is 319 g/mol. The molecule has 1 N–H and O–H groups in total. The molecule has 3 aromatic rings. The van der Waals surface area contributed by atoms with Gasteiger partial charge in [-0.15, -0.1) is 22.7 Å². The molecule has 0 radical (unpaired) electrons. The maximum atomic E-state index is 11.4. The van der Waals surface area contributed by atoms with Crippen molar-refractivity contribution in [1.29, 1.82) is 0 Å². The molecule has 0 fully saturated rings. The number of rotatable bonds is 4. The quantitative estimate of drug-likeness (QED) is 0.556. The molecule has 0 bridgehead atoms. The second-order valence-electron chi connectivity index (χ2n) is 4.73. The second kappa shape index (κ2) is 5.42. The Balaban J connectivity index is 2.00. The summed E-state index contributed by atoms with van der Waals surface area (Å²) >= 11 is 3.09. The summed E-state index contributed by atoms with van der Waals surface area (Å²) in [6.07, 6.45) is 0. The average Bonchev–Trinajstić information content (AvgIpc) is 3.06. The van der Waals surface area contributed by atoms with Crippen LogP contribution >= 0.6 is 22.7 Å². The van der Waals surface area contributed by atoms with Crippen LogP contribution in [-0.4, -0.2) is 9.91 Å². The highest BCUT2D eigenvalue weighted by Crippen LogP contribution is 2.36. The number of aromatic nitrogens is 1. The minimum atomic E-state index is -0.364. The van der Waals surface area contributed by atoms with E-state index < -0.39 is 0 Å². The fourth-order valence-corrected chi connectivity index (χ4v) is 3.77. The molecule has 0 aliphatic heterocycles. The van der Waals surface area contributed by atoms with E-state index in [1.54, 1.807) is 22.9 Å². The van der Waals surface area contributed by atoms with E-state index in [-0.39, 0.29) is 16.7 Å². The zero-order valence-electron chi connectivity index (χ0n) is 11.5. The molecule has 2 aromatic heterocycles. The van der Waals surface area contributed by atoms with Crippen LogP contribution in [0.2, 0.25) is 0 Å². The highest BCUT2D eigenvalue weighted by molar-refractivity contribution is 7.16. The number of benzene rings is 1. The van der Waals surface area contributed by atoms with Crippen LogP contribution in [0.25, 0.3) is 10.2 Å². The third-order valence-electron chi connectivity index (χ3n) is 3.22. The van der Waals surface area contributed by atoms with Gasteiger partial charge in [0.15, 0.2) is 5.52 Å². The number of thiazole rings is 1. The Kier molecular flexibility index (Phi) is 3.60. The molecule has 0 aliphatic rings. The second-order valence-corrected chi connectivity index (χ2v) is 6.94. The van der Waals surface area contributed by atoms with E-state index in [1.165, 1.54) is 16.2 Å². The number of hydrogen-bond donors (Lipinski definition) is 1. The molecule has 7 heteroatoms. The van der Waals surface area contributed by atoms with Crippen LogP contribution in [0.4, 0.5) is 11.4 Å². The number of anilines is 1. The summed E-state index contributed by atoms with van der Waals surface area (Å²) in [6, 6.07) is 7.74. The van der Waals surface area contributed by atoms with E-state index in [0.717, 1.165) is 9.58 Å². The van der Waals surface area contributed by atoms with Crippen LogP contribution in [0, 0.1) is 17.0 Å². The van der Waals surface area contributed by atoms with Gasteiger partial charge in [0.25, 0.3) is 0 Å². The van der Waals surface area contributed by atoms with Crippen molar-refractivity contribution in [2.75, 3.05) is 5.32 Å². The van der Waals surface area contributed by atoms with Gasteiger partial charge < -0.3 is 5.32 Å². The van der Waals surface area contributed by atoms with Crippen LogP contribution in [0.3, 0.4) is 0 Å². The normalized spacial score (nSPS) is 12.5. The van der Waals surface area contributed by atoms with Crippen molar-refractivity contribution < 1.29 is 4.92 Å². The number of nitro benzene ring substituents is 1. The van der Waals surface area contributed by atoms with Crippen molar-refractivity contribution >= 4 is 44.3 Å². The topological polar surface area (TPSA) is 68.1 Å². The van der Waals surface area contributed by atoms with Gasteiger partial charge in [0, 0.05) is 9.75 Å². The van der Waals surface area contributed by atoms with E-state index >= 15 is 0 Å².